The quantitative estimate of drug-likeness (QED) is 0.883. The third kappa shape index (κ3) is 2.42. The summed E-state index contributed by atoms with van der Waals surface area (Å²) in [7, 11) is 1.43. The van der Waals surface area contributed by atoms with Crippen molar-refractivity contribution in [3.8, 4) is 5.75 Å². The summed E-state index contributed by atoms with van der Waals surface area (Å²) in [5.74, 6) is -0.198. The highest BCUT2D eigenvalue weighted by Gasteiger charge is 2.11. The second kappa shape index (κ2) is 4.93. The molecule has 0 aliphatic heterocycles. The Morgan fingerprint density at radius 1 is 1.29 bits per heavy atom. The molecule has 0 saturated carbocycles. The summed E-state index contributed by atoms with van der Waals surface area (Å²) in [5, 5.41) is 0. The van der Waals surface area contributed by atoms with Crippen molar-refractivity contribution in [1.82, 2.24) is 4.98 Å². The van der Waals surface area contributed by atoms with Crippen LogP contribution in [0.3, 0.4) is 0 Å². The third-order valence-corrected chi connectivity index (χ3v) is 2.58. The van der Waals surface area contributed by atoms with Crippen LogP contribution in [0.4, 0.5) is 4.39 Å². The Labute approximate surface area is 99.1 Å². The number of methoxy groups -OCH3 is 1. The van der Waals surface area contributed by atoms with E-state index in [-0.39, 0.29) is 11.8 Å². The molecule has 1 aromatic heterocycles. The summed E-state index contributed by atoms with van der Waals surface area (Å²) in [4.78, 5) is 4.01. The summed E-state index contributed by atoms with van der Waals surface area (Å²) in [6.07, 6.45) is 3.38. The fraction of sp³-hybridized carbons (Fsp3) is 0.154. The van der Waals surface area contributed by atoms with Crippen LogP contribution in [0.5, 0.6) is 5.75 Å². The molecule has 2 N–H and O–H groups in total. The topological polar surface area (TPSA) is 48.1 Å². The minimum Gasteiger partial charge on any atom is -0.494 e. The van der Waals surface area contributed by atoms with Crippen LogP contribution in [-0.4, -0.2) is 12.1 Å². The standard InChI is InChI=1S/C13H13FN2O/c1-17-12-7-9(4-5-11(12)14)13(15)10-3-2-6-16-8-10/h2-8,13H,15H2,1H3. The van der Waals surface area contributed by atoms with Crippen molar-refractivity contribution < 1.29 is 9.13 Å². The van der Waals surface area contributed by atoms with Crippen LogP contribution in [0.25, 0.3) is 0 Å². The van der Waals surface area contributed by atoms with Gasteiger partial charge in [0, 0.05) is 12.4 Å². The third-order valence-electron chi connectivity index (χ3n) is 2.58. The number of hydrogen-bond acceptors (Lipinski definition) is 3. The molecule has 1 heterocycles. The average Bonchev–Trinajstić information content (AvgIpc) is 2.39. The lowest BCUT2D eigenvalue weighted by atomic mass is 10.0. The van der Waals surface area contributed by atoms with E-state index in [9.17, 15) is 4.39 Å². The Morgan fingerprint density at radius 2 is 2.12 bits per heavy atom. The van der Waals surface area contributed by atoms with Crippen molar-refractivity contribution in [3.05, 3.63) is 59.7 Å². The van der Waals surface area contributed by atoms with Gasteiger partial charge in [0.25, 0.3) is 0 Å². The molecule has 2 rings (SSSR count). The number of halogens is 1. The molecule has 0 fully saturated rings. The second-order valence-corrected chi connectivity index (χ2v) is 3.66. The van der Waals surface area contributed by atoms with Gasteiger partial charge in [-0.2, -0.15) is 0 Å². The predicted molar refractivity (Wildman–Crippen MR) is 63.2 cm³/mol. The van der Waals surface area contributed by atoms with E-state index in [1.165, 1.54) is 13.2 Å². The van der Waals surface area contributed by atoms with Gasteiger partial charge < -0.3 is 10.5 Å². The van der Waals surface area contributed by atoms with Crippen LogP contribution in [-0.2, 0) is 0 Å². The highest BCUT2D eigenvalue weighted by atomic mass is 19.1. The molecule has 0 amide bonds. The van der Waals surface area contributed by atoms with Crippen LogP contribution in [0, 0.1) is 5.82 Å². The molecule has 4 heteroatoms. The zero-order valence-electron chi connectivity index (χ0n) is 9.43. The van der Waals surface area contributed by atoms with Gasteiger partial charge in [-0.1, -0.05) is 12.1 Å². The summed E-state index contributed by atoms with van der Waals surface area (Å²) in [6, 6.07) is 7.97. The van der Waals surface area contributed by atoms with Crippen molar-refractivity contribution in [2.24, 2.45) is 5.73 Å². The number of ether oxygens (including phenoxy) is 1. The zero-order chi connectivity index (χ0) is 12.3. The maximum Gasteiger partial charge on any atom is 0.165 e. The number of rotatable bonds is 3. The lowest BCUT2D eigenvalue weighted by molar-refractivity contribution is 0.385. The molecule has 0 radical (unpaired) electrons. The van der Waals surface area contributed by atoms with Crippen LogP contribution in [0.1, 0.15) is 17.2 Å². The van der Waals surface area contributed by atoms with E-state index in [2.05, 4.69) is 4.98 Å². The Bertz CT molecular complexity index is 502. The van der Waals surface area contributed by atoms with Crippen LogP contribution in [0.2, 0.25) is 0 Å². The minimum atomic E-state index is -0.394. The van der Waals surface area contributed by atoms with Crippen molar-refractivity contribution in [3.63, 3.8) is 0 Å². The number of nitrogens with two attached hydrogens (primary N) is 1. The molecule has 1 atom stereocenters. The fourth-order valence-corrected chi connectivity index (χ4v) is 1.62. The van der Waals surface area contributed by atoms with Gasteiger partial charge >= 0.3 is 0 Å². The van der Waals surface area contributed by atoms with Gasteiger partial charge in [-0.05, 0) is 29.3 Å². The molecule has 3 nitrogen and oxygen atoms in total. The first-order valence-corrected chi connectivity index (χ1v) is 5.21. The molecule has 0 aliphatic carbocycles. The SMILES string of the molecule is COc1cc(C(N)c2cccnc2)ccc1F. The molecule has 1 unspecified atom stereocenters. The molecule has 17 heavy (non-hydrogen) atoms. The Morgan fingerprint density at radius 3 is 2.76 bits per heavy atom. The van der Waals surface area contributed by atoms with E-state index < -0.39 is 5.82 Å². The Balaban J connectivity index is 2.34. The summed E-state index contributed by atoms with van der Waals surface area (Å²) in [6.45, 7) is 0. The van der Waals surface area contributed by atoms with Gasteiger partial charge in [-0.25, -0.2) is 4.39 Å². The van der Waals surface area contributed by atoms with E-state index in [0.29, 0.717) is 0 Å². The van der Waals surface area contributed by atoms with Crippen molar-refractivity contribution in [2.75, 3.05) is 7.11 Å². The molecule has 0 saturated heterocycles. The number of nitrogens with zero attached hydrogens (tertiary/aromatic N) is 1. The Kier molecular flexibility index (Phi) is 3.35. The first-order valence-electron chi connectivity index (χ1n) is 5.21. The first kappa shape index (κ1) is 11.5. The molecule has 88 valence electrons. The zero-order valence-corrected chi connectivity index (χ0v) is 9.43. The van der Waals surface area contributed by atoms with E-state index >= 15 is 0 Å². The largest absolute Gasteiger partial charge is 0.494 e. The van der Waals surface area contributed by atoms with Gasteiger partial charge in [-0.3, -0.25) is 4.98 Å². The molecule has 2 aromatic rings. The van der Waals surface area contributed by atoms with Crippen molar-refractivity contribution >= 4 is 0 Å². The highest BCUT2D eigenvalue weighted by molar-refractivity contribution is 5.36. The molecule has 0 bridgehead atoms. The van der Waals surface area contributed by atoms with E-state index in [1.807, 2.05) is 12.1 Å². The normalized spacial score (nSPS) is 12.2. The molecule has 0 spiro atoms. The minimum absolute atomic E-state index is 0.196. The average molecular weight is 232 g/mol. The van der Waals surface area contributed by atoms with Gasteiger partial charge in [0.05, 0.1) is 13.2 Å². The Hall–Kier alpha value is -1.94. The van der Waals surface area contributed by atoms with Crippen molar-refractivity contribution in [2.45, 2.75) is 6.04 Å². The van der Waals surface area contributed by atoms with Crippen LogP contribution in [0.15, 0.2) is 42.7 Å². The maximum absolute atomic E-state index is 13.3. The van der Waals surface area contributed by atoms with Crippen molar-refractivity contribution in [1.29, 1.82) is 0 Å². The summed E-state index contributed by atoms with van der Waals surface area (Å²) >= 11 is 0. The lowest BCUT2D eigenvalue weighted by Gasteiger charge is -2.13. The van der Waals surface area contributed by atoms with Gasteiger partial charge in [-0.15, -0.1) is 0 Å². The highest BCUT2D eigenvalue weighted by Crippen LogP contribution is 2.24. The lowest BCUT2D eigenvalue weighted by Crippen LogP contribution is -2.12. The first-order chi connectivity index (χ1) is 8.22. The summed E-state index contributed by atoms with van der Waals surface area (Å²) in [5.41, 5.74) is 7.74. The van der Waals surface area contributed by atoms with Crippen LogP contribution < -0.4 is 10.5 Å². The van der Waals surface area contributed by atoms with Gasteiger partial charge in [0.15, 0.2) is 11.6 Å². The number of benzene rings is 1. The van der Waals surface area contributed by atoms with Crippen LogP contribution >= 0.6 is 0 Å². The molecular weight excluding hydrogens is 219 g/mol. The van der Waals surface area contributed by atoms with E-state index in [0.717, 1.165) is 11.1 Å². The monoisotopic (exact) mass is 232 g/mol. The number of aromatic nitrogens is 1. The smallest absolute Gasteiger partial charge is 0.165 e. The number of hydrogen-bond donors (Lipinski definition) is 1. The predicted octanol–water partition coefficient (Wildman–Crippen LogP) is 2.28. The fourth-order valence-electron chi connectivity index (χ4n) is 1.62. The second-order valence-electron chi connectivity index (χ2n) is 3.66. The van der Waals surface area contributed by atoms with E-state index in [1.54, 1.807) is 24.5 Å². The van der Waals surface area contributed by atoms with Gasteiger partial charge in [0.2, 0.25) is 0 Å². The molecule has 0 aliphatic rings. The number of pyridine rings is 1. The van der Waals surface area contributed by atoms with Gasteiger partial charge in [0.1, 0.15) is 0 Å². The van der Waals surface area contributed by atoms with E-state index in [4.69, 9.17) is 10.5 Å². The summed E-state index contributed by atoms with van der Waals surface area (Å²) < 4.78 is 18.2. The molecule has 1 aromatic carbocycles. The maximum atomic E-state index is 13.3. The molecular formula is C13H13FN2O.